The van der Waals surface area contributed by atoms with E-state index in [4.69, 9.17) is 4.74 Å². The number of anilines is 2. The zero-order valence-electron chi connectivity index (χ0n) is 18.1. The third-order valence-corrected chi connectivity index (χ3v) is 5.00. The number of amides is 1. The van der Waals surface area contributed by atoms with Crippen LogP contribution in [-0.4, -0.2) is 48.0 Å². The Morgan fingerprint density at radius 3 is 2.53 bits per heavy atom. The maximum Gasteiger partial charge on any atom is 0.251 e. The molecule has 8 nitrogen and oxygen atoms in total. The first-order valence-corrected chi connectivity index (χ1v) is 10.5. The van der Waals surface area contributed by atoms with E-state index in [0.29, 0.717) is 34.8 Å². The van der Waals surface area contributed by atoms with E-state index in [1.54, 1.807) is 24.3 Å². The highest BCUT2D eigenvalue weighted by Crippen LogP contribution is 2.23. The zero-order valence-corrected chi connectivity index (χ0v) is 18.1. The van der Waals surface area contributed by atoms with Crippen molar-refractivity contribution in [3.8, 4) is 11.5 Å². The van der Waals surface area contributed by atoms with Crippen LogP contribution < -0.4 is 19.9 Å². The Kier molecular flexibility index (Phi) is 6.44. The summed E-state index contributed by atoms with van der Waals surface area (Å²) in [5.41, 5.74) is 0.436. The van der Waals surface area contributed by atoms with Crippen molar-refractivity contribution >= 4 is 17.8 Å². The number of hydrogen-bond donors (Lipinski definition) is 1. The van der Waals surface area contributed by atoms with Gasteiger partial charge in [-0.25, -0.2) is 4.39 Å². The van der Waals surface area contributed by atoms with Gasteiger partial charge >= 0.3 is 0 Å². The molecule has 2 heterocycles. The van der Waals surface area contributed by atoms with Crippen LogP contribution in [0.25, 0.3) is 0 Å². The fourth-order valence-electron chi connectivity index (χ4n) is 3.33. The molecular formula is C23H25FN6O2. The summed E-state index contributed by atoms with van der Waals surface area (Å²) in [6, 6.07) is 12.5. The Labute approximate surface area is 186 Å². The minimum absolute atomic E-state index is 0.173. The molecule has 0 radical (unpaired) electrons. The summed E-state index contributed by atoms with van der Waals surface area (Å²) in [4.78, 5) is 30.2. The number of nitrogens with one attached hydrogen (secondary N) is 1. The molecule has 1 saturated heterocycles. The lowest BCUT2D eigenvalue weighted by atomic mass is 10.2. The number of ether oxygens (including phenoxy) is 1. The van der Waals surface area contributed by atoms with Gasteiger partial charge < -0.3 is 19.9 Å². The Balaban J connectivity index is 1.44. The van der Waals surface area contributed by atoms with Gasteiger partial charge in [-0.05, 0) is 55.3 Å². The van der Waals surface area contributed by atoms with Crippen LogP contribution >= 0.6 is 0 Å². The summed E-state index contributed by atoms with van der Waals surface area (Å²) in [6.45, 7) is 2.01. The van der Waals surface area contributed by atoms with Gasteiger partial charge in [0.2, 0.25) is 11.9 Å². The molecule has 0 bridgehead atoms. The van der Waals surface area contributed by atoms with Gasteiger partial charge in [0.25, 0.3) is 5.91 Å². The van der Waals surface area contributed by atoms with Crippen LogP contribution in [-0.2, 0) is 6.54 Å². The molecule has 1 fully saturated rings. The normalized spacial score (nSPS) is 13.2. The number of rotatable bonds is 7. The minimum atomic E-state index is -0.339. The number of nitrogens with zero attached hydrogens (tertiary/aromatic N) is 5. The number of hydrogen-bond acceptors (Lipinski definition) is 7. The standard InChI is InChI=1S/C23H25FN6O2/c1-29(2)22-26-20(27-23(28-22)30-12-3-4-13-30)15-25-21(31)16-6-5-7-19(14-16)32-18-10-8-17(24)9-11-18/h5-11,14H,3-4,12-13,15H2,1-2H3,(H,25,31). The van der Waals surface area contributed by atoms with Gasteiger partial charge in [0.05, 0.1) is 6.54 Å². The topological polar surface area (TPSA) is 83.5 Å². The summed E-state index contributed by atoms with van der Waals surface area (Å²) in [6.07, 6.45) is 2.23. The fraction of sp³-hybridized carbons (Fsp3) is 0.304. The van der Waals surface area contributed by atoms with Gasteiger partial charge in [0, 0.05) is 32.7 Å². The number of carbonyl (C=O) groups excluding carboxylic acids is 1. The zero-order chi connectivity index (χ0) is 22.5. The molecule has 1 aliphatic rings. The average Bonchev–Trinajstić information content (AvgIpc) is 3.34. The summed E-state index contributed by atoms with van der Waals surface area (Å²) in [5.74, 6) is 2.05. The molecular weight excluding hydrogens is 411 g/mol. The third-order valence-electron chi connectivity index (χ3n) is 5.00. The Morgan fingerprint density at radius 1 is 1.06 bits per heavy atom. The average molecular weight is 436 g/mol. The van der Waals surface area contributed by atoms with Crippen molar-refractivity contribution in [1.29, 1.82) is 0 Å². The smallest absolute Gasteiger partial charge is 0.251 e. The molecule has 0 aliphatic carbocycles. The van der Waals surface area contributed by atoms with E-state index < -0.39 is 0 Å². The van der Waals surface area contributed by atoms with Gasteiger partial charge in [-0.3, -0.25) is 4.79 Å². The Hall–Kier alpha value is -3.75. The van der Waals surface area contributed by atoms with Crippen molar-refractivity contribution < 1.29 is 13.9 Å². The third kappa shape index (κ3) is 5.29. The lowest BCUT2D eigenvalue weighted by molar-refractivity contribution is 0.0949. The predicted molar refractivity (Wildman–Crippen MR) is 120 cm³/mol. The molecule has 1 amide bonds. The minimum Gasteiger partial charge on any atom is -0.457 e. The highest BCUT2D eigenvalue weighted by atomic mass is 19.1. The van der Waals surface area contributed by atoms with E-state index in [9.17, 15) is 9.18 Å². The lowest BCUT2D eigenvalue weighted by Crippen LogP contribution is -2.27. The van der Waals surface area contributed by atoms with E-state index in [-0.39, 0.29) is 18.3 Å². The highest BCUT2D eigenvalue weighted by molar-refractivity contribution is 5.94. The van der Waals surface area contributed by atoms with E-state index >= 15 is 0 Å². The van der Waals surface area contributed by atoms with Gasteiger partial charge in [-0.1, -0.05) is 6.07 Å². The molecule has 4 rings (SSSR count). The molecule has 166 valence electrons. The van der Waals surface area contributed by atoms with Crippen LogP contribution in [0.3, 0.4) is 0 Å². The van der Waals surface area contributed by atoms with Crippen LogP contribution in [0, 0.1) is 5.82 Å². The van der Waals surface area contributed by atoms with Crippen LogP contribution in [0.2, 0.25) is 0 Å². The Bertz CT molecular complexity index is 1080. The SMILES string of the molecule is CN(C)c1nc(CNC(=O)c2cccc(Oc3ccc(F)cc3)c2)nc(N2CCCC2)n1. The van der Waals surface area contributed by atoms with Crippen molar-refractivity contribution in [1.82, 2.24) is 20.3 Å². The van der Waals surface area contributed by atoms with E-state index in [2.05, 4.69) is 25.2 Å². The number of carbonyl (C=O) groups is 1. The van der Waals surface area contributed by atoms with Crippen molar-refractivity contribution in [3.05, 3.63) is 65.7 Å². The number of halogens is 1. The van der Waals surface area contributed by atoms with Gasteiger partial charge in [-0.15, -0.1) is 0 Å². The predicted octanol–water partition coefficient (Wildman–Crippen LogP) is 3.40. The summed E-state index contributed by atoms with van der Waals surface area (Å²) >= 11 is 0. The second-order valence-corrected chi connectivity index (χ2v) is 7.71. The number of aromatic nitrogens is 3. The van der Waals surface area contributed by atoms with Crippen molar-refractivity contribution in [2.75, 3.05) is 37.0 Å². The second kappa shape index (κ2) is 9.59. The first-order valence-electron chi connectivity index (χ1n) is 10.5. The maximum absolute atomic E-state index is 13.1. The van der Waals surface area contributed by atoms with Gasteiger partial charge in [0.1, 0.15) is 17.3 Å². The van der Waals surface area contributed by atoms with Crippen LogP contribution in [0.15, 0.2) is 48.5 Å². The first-order chi connectivity index (χ1) is 15.5. The first kappa shape index (κ1) is 21.5. The van der Waals surface area contributed by atoms with Crippen LogP contribution in [0.5, 0.6) is 11.5 Å². The largest absolute Gasteiger partial charge is 0.457 e. The van der Waals surface area contributed by atoms with E-state index in [0.717, 1.165) is 25.9 Å². The van der Waals surface area contributed by atoms with Crippen LogP contribution in [0.4, 0.5) is 16.3 Å². The van der Waals surface area contributed by atoms with Crippen molar-refractivity contribution in [2.24, 2.45) is 0 Å². The summed E-state index contributed by atoms with van der Waals surface area (Å²) < 4.78 is 18.8. The fourth-order valence-corrected chi connectivity index (χ4v) is 3.33. The summed E-state index contributed by atoms with van der Waals surface area (Å²) in [7, 11) is 3.75. The maximum atomic E-state index is 13.1. The van der Waals surface area contributed by atoms with E-state index in [1.165, 1.54) is 24.3 Å². The highest BCUT2D eigenvalue weighted by Gasteiger charge is 2.18. The van der Waals surface area contributed by atoms with Crippen LogP contribution in [0.1, 0.15) is 29.0 Å². The van der Waals surface area contributed by atoms with Gasteiger partial charge in [0.15, 0.2) is 5.82 Å². The quantitative estimate of drug-likeness (QED) is 0.608. The molecule has 32 heavy (non-hydrogen) atoms. The molecule has 0 spiro atoms. The van der Waals surface area contributed by atoms with Crippen molar-refractivity contribution in [3.63, 3.8) is 0 Å². The lowest BCUT2D eigenvalue weighted by Gasteiger charge is -2.19. The molecule has 3 aromatic rings. The molecule has 1 aromatic heterocycles. The molecule has 9 heteroatoms. The molecule has 0 unspecified atom stereocenters. The second-order valence-electron chi connectivity index (χ2n) is 7.71. The molecule has 0 atom stereocenters. The van der Waals surface area contributed by atoms with Crippen molar-refractivity contribution in [2.45, 2.75) is 19.4 Å². The van der Waals surface area contributed by atoms with Gasteiger partial charge in [-0.2, -0.15) is 15.0 Å². The van der Waals surface area contributed by atoms with E-state index in [1.807, 2.05) is 19.0 Å². The molecule has 2 aromatic carbocycles. The number of benzene rings is 2. The Morgan fingerprint density at radius 2 is 1.81 bits per heavy atom. The summed E-state index contributed by atoms with van der Waals surface area (Å²) in [5, 5.41) is 2.86. The molecule has 1 N–H and O–H groups in total. The molecule has 1 aliphatic heterocycles. The monoisotopic (exact) mass is 436 g/mol. The molecule has 0 saturated carbocycles.